The third-order valence-corrected chi connectivity index (χ3v) is 3.96. The molecule has 0 N–H and O–H groups in total. The third-order valence-electron chi connectivity index (χ3n) is 3.96. The van der Waals surface area contributed by atoms with E-state index in [4.69, 9.17) is 0 Å². The van der Waals surface area contributed by atoms with E-state index in [-0.39, 0.29) is 5.41 Å². The lowest BCUT2D eigenvalue weighted by molar-refractivity contribution is 0.498. The molecule has 1 atom stereocenters. The maximum atomic E-state index is 4.40. The Kier molecular flexibility index (Phi) is 4.21. The summed E-state index contributed by atoms with van der Waals surface area (Å²) in [7, 11) is 0. The van der Waals surface area contributed by atoms with Gasteiger partial charge in [0.1, 0.15) is 12.7 Å². The van der Waals surface area contributed by atoms with Gasteiger partial charge in [0, 0.05) is 17.5 Å². The Morgan fingerprint density at radius 3 is 2.75 bits per heavy atom. The molecule has 108 valence electrons. The zero-order chi connectivity index (χ0) is 14.8. The molecule has 0 unspecified atom stereocenters. The highest BCUT2D eigenvalue weighted by Crippen LogP contribution is 2.41. The zero-order valence-corrected chi connectivity index (χ0v) is 12.9. The fourth-order valence-electron chi connectivity index (χ4n) is 2.83. The molecule has 0 fully saturated rings. The molecular weight excluding hydrogens is 248 g/mol. The first-order chi connectivity index (χ1) is 9.39. The number of hydrogen-bond acceptors (Lipinski definition) is 3. The summed E-state index contributed by atoms with van der Waals surface area (Å²) in [6, 6.07) is 0. The second-order valence-corrected chi connectivity index (χ2v) is 6.50. The van der Waals surface area contributed by atoms with Crippen LogP contribution in [0.3, 0.4) is 0 Å². The van der Waals surface area contributed by atoms with Crippen molar-refractivity contribution in [2.24, 2.45) is 16.4 Å². The zero-order valence-electron chi connectivity index (χ0n) is 12.9. The summed E-state index contributed by atoms with van der Waals surface area (Å²) in [5.74, 6) is 0.553. The van der Waals surface area contributed by atoms with Crippen molar-refractivity contribution in [3.8, 4) is 0 Å². The van der Waals surface area contributed by atoms with Gasteiger partial charge in [-0.1, -0.05) is 37.1 Å². The molecule has 0 radical (unpaired) electrons. The number of rotatable bonds is 5. The maximum absolute atomic E-state index is 4.40. The maximum Gasteiger partial charge on any atom is 0.141 e. The fourth-order valence-corrected chi connectivity index (χ4v) is 2.83. The van der Waals surface area contributed by atoms with Crippen molar-refractivity contribution in [2.45, 2.75) is 47.0 Å². The number of hydrogen-bond donors (Lipinski definition) is 0. The Morgan fingerprint density at radius 2 is 2.15 bits per heavy atom. The van der Waals surface area contributed by atoms with Gasteiger partial charge in [-0.2, -0.15) is 5.10 Å². The van der Waals surface area contributed by atoms with Crippen LogP contribution in [0.25, 0.3) is 0 Å². The molecule has 0 bridgehead atoms. The summed E-state index contributed by atoms with van der Waals surface area (Å²) >= 11 is 0. The van der Waals surface area contributed by atoms with Crippen molar-refractivity contribution in [1.82, 2.24) is 14.9 Å². The van der Waals surface area contributed by atoms with Crippen LogP contribution in [0, 0.1) is 11.3 Å². The molecule has 1 aliphatic carbocycles. The first-order valence-corrected chi connectivity index (χ1v) is 7.13. The molecular formula is C16H24N4. The van der Waals surface area contributed by atoms with Gasteiger partial charge in [0.2, 0.25) is 0 Å². The molecule has 1 heterocycles. The van der Waals surface area contributed by atoms with E-state index in [0.717, 1.165) is 6.42 Å². The second kappa shape index (κ2) is 5.73. The Morgan fingerprint density at radius 1 is 1.50 bits per heavy atom. The van der Waals surface area contributed by atoms with E-state index >= 15 is 0 Å². The SMILES string of the molecule is C=C(C)[C@H]1CCC(C)=C1CC(C)(C)C=Nn1cnnc1. The molecule has 0 aromatic carbocycles. The van der Waals surface area contributed by atoms with Gasteiger partial charge in [-0.25, -0.2) is 4.68 Å². The van der Waals surface area contributed by atoms with Crippen LogP contribution in [0.15, 0.2) is 41.1 Å². The van der Waals surface area contributed by atoms with Gasteiger partial charge in [0.25, 0.3) is 0 Å². The van der Waals surface area contributed by atoms with Crippen LogP contribution < -0.4 is 0 Å². The fraction of sp³-hybridized carbons (Fsp3) is 0.562. The summed E-state index contributed by atoms with van der Waals surface area (Å²) in [6.45, 7) is 13.0. The van der Waals surface area contributed by atoms with Gasteiger partial charge in [-0.3, -0.25) is 0 Å². The Balaban J connectivity index is 2.11. The molecule has 1 aliphatic rings. The van der Waals surface area contributed by atoms with Crippen molar-refractivity contribution in [1.29, 1.82) is 0 Å². The summed E-state index contributed by atoms with van der Waals surface area (Å²) in [5, 5.41) is 11.9. The van der Waals surface area contributed by atoms with E-state index < -0.39 is 0 Å². The molecule has 20 heavy (non-hydrogen) atoms. The van der Waals surface area contributed by atoms with Crippen LogP contribution >= 0.6 is 0 Å². The van der Waals surface area contributed by atoms with Crippen molar-refractivity contribution < 1.29 is 0 Å². The van der Waals surface area contributed by atoms with E-state index in [2.05, 4.69) is 49.6 Å². The molecule has 0 aliphatic heterocycles. The van der Waals surface area contributed by atoms with Crippen LogP contribution in [0.2, 0.25) is 0 Å². The van der Waals surface area contributed by atoms with Gasteiger partial charge >= 0.3 is 0 Å². The highest BCUT2D eigenvalue weighted by molar-refractivity contribution is 5.65. The topological polar surface area (TPSA) is 43.1 Å². The highest BCUT2D eigenvalue weighted by Gasteiger charge is 2.28. The molecule has 0 saturated carbocycles. The quantitative estimate of drug-likeness (QED) is 0.604. The predicted octanol–water partition coefficient (Wildman–Crippen LogP) is 3.83. The normalized spacial score (nSPS) is 20.1. The van der Waals surface area contributed by atoms with Crippen molar-refractivity contribution in [2.75, 3.05) is 0 Å². The lowest BCUT2D eigenvalue weighted by atomic mass is 9.81. The van der Waals surface area contributed by atoms with Gasteiger partial charge < -0.3 is 0 Å². The smallest absolute Gasteiger partial charge is 0.141 e. The summed E-state index contributed by atoms with van der Waals surface area (Å²) in [6.07, 6.45) is 8.64. The minimum Gasteiger partial charge on any atom is -0.208 e. The minimum atomic E-state index is 0.0128. The van der Waals surface area contributed by atoms with E-state index in [1.54, 1.807) is 22.9 Å². The van der Waals surface area contributed by atoms with E-state index in [9.17, 15) is 0 Å². The average molecular weight is 272 g/mol. The third kappa shape index (κ3) is 3.44. The first-order valence-electron chi connectivity index (χ1n) is 7.13. The van der Waals surface area contributed by atoms with E-state index in [1.807, 2.05) is 6.21 Å². The lowest BCUT2D eigenvalue weighted by Gasteiger charge is -2.24. The van der Waals surface area contributed by atoms with Crippen molar-refractivity contribution in [3.63, 3.8) is 0 Å². The van der Waals surface area contributed by atoms with Crippen LogP contribution in [-0.4, -0.2) is 21.1 Å². The summed E-state index contributed by atoms with van der Waals surface area (Å²) in [5.41, 5.74) is 4.38. The first kappa shape index (κ1) is 14.7. The average Bonchev–Trinajstić information content (AvgIpc) is 2.98. The number of nitrogens with zero attached hydrogens (tertiary/aromatic N) is 4. The monoisotopic (exact) mass is 272 g/mol. The second-order valence-electron chi connectivity index (χ2n) is 6.50. The minimum absolute atomic E-state index is 0.0128. The van der Waals surface area contributed by atoms with Crippen LogP contribution in [0.4, 0.5) is 0 Å². The predicted molar refractivity (Wildman–Crippen MR) is 82.5 cm³/mol. The molecule has 1 aromatic heterocycles. The molecule has 0 saturated heterocycles. The molecule has 1 aromatic rings. The van der Waals surface area contributed by atoms with Crippen LogP contribution in [0.5, 0.6) is 0 Å². The van der Waals surface area contributed by atoms with E-state index in [1.165, 1.54) is 24.0 Å². The summed E-state index contributed by atoms with van der Waals surface area (Å²) in [4.78, 5) is 0. The standard InChI is InChI=1S/C16H24N4/c1-12(2)14-7-6-13(3)15(14)8-16(4,5)9-19-20-10-17-18-11-20/h9-11,14H,1,6-8H2,2-5H3/t14-/m1/s1. The Hall–Kier alpha value is -1.71. The van der Waals surface area contributed by atoms with E-state index in [0.29, 0.717) is 5.92 Å². The Bertz CT molecular complexity index is 535. The number of allylic oxidation sites excluding steroid dienone is 3. The molecule has 0 amide bonds. The number of aromatic nitrogens is 3. The summed E-state index contributed by atoms with van der Waals surface area (Å²) < 4.78 is 1.63. The molecule has 0 spiro atoms. The Labute approximate surface area is 121 Å². The van der Waals surface area contributed by atoms with Gasteiger partial charge in [0.15, 0.2) is 0 Å². The molecule has 4 heteroatoms. The van der Waals surface area contributed by atoms with Crippen molar-refractivity contribution >= 4 is 6.21 Å². The largest absolute Gasteiger partial charge is 0.208 e. The molecule has 2 rings (SSSR count). The van der Waals surface area contributed by atoms with Crippen molar-refractivity contribution in [3.05, 3.63) is 36.0 Å². The molecule has 4 nitrogen and oxygen atoms in total. The van der Waals surface area contributed by atoms with Gasteiger partial charge in [0.05, 0.1) is 0 Å². The highest BCUT2D eigenvalue weighted by atomic mass is 15.4. The van der Waals surface area contributed by atoms with Gasteiger partial charge in [-0.05, 0) is 33.1 Å². The van der Waals surface area contributed by atoms with Gasteiger partial charge in [-0.15, -0.1) is 10.2 Å². The lowest BCUT2D eigenvalue weighted by Crippen LogP contribution is -2.17. The van der Waals surface area contributed by atoms with Crippen LogP contribution in [-0.2, 0) is 0 Å². The van der Waals surface area contributed by atoms with Crippen LogP contribution in [0.1, 0.15) is 47.0 Å².